The second kappa shape index (κ2) is 7.47. The first kappa shape index (κ1) is 16.6. The normalized spacial score (nSPS) is 14.6. The van der Waals surface area contributed by atoms with Gasteiger partial charge in [-0.2, -0.15) is 11.3 Å². The van der Waals surface area contributed by atoms with Crippen LogP contribution in [0.25, 0.3) is 0 Å². The van der Waals surface area contributed by atoms with Gasteiger partial charge in [0.2, 0.25) is 0 Å². The summed E-state index contributed by atoms with van der Waals surface area (Å²) >= 11 is 1.68. The van der Waals surface area contributed by atoms with Gasteiger partial charge in [-0.25, -0.2) is 4.99 Å². The third kappa shape index (κ3) is 4.35. The van der Waals surface area contributed by atoms with Gasteiger partial charge in [-0.3, -0.25) is 0 Å². The maximum absolute atomic E-state index is 10.5. The van der Waals surface area contributed by atoms with Gasteiger partial charge in [0.15, 0.2) is 5.96 Å². The molecule has 0 aliphatic heterocycles. The highest BCUT2D eigenvalue weighted by Gasteiger charge is 2.26. The van der Waals surface area contributed by atoms with Crippen LogP contribution in [0.5, 0.6) is 0 Å². The Kier molecular flexibility index (Phi) is 5.63. The lowest BCUT2D eigenvalue weighted by molar-refractivity contribution is 0.0435. The molecule has 0 spiro atoms. The summed E-state index contributed by atoms with van der Waals surface area (Å²) in [5, 5.41) is 17.9. The Bertz CT molecular complexity index is 577. The fraction of sp³-hybridized carbons (Fsp3) is 0.438. The van der Waals surface area contributed by atoms with Crippen LogP contribution in [0.2, 0.25) is 0 Å². The SMILES string of the molecule is CCNC(=NCC(C)(O)c1ccco1)N(C)Cc1ccsc1. The van der Waals surface area contributed by atoms with Gasteiger partial charge >= 0.3 is 0 Å². The van der Waals surface area contributed by atoms with Gasteiger partial charge in [0.25, 0.3) is 0 Å². The fourth-order valence-electron chi connectivity index (χ4n) is 2.09. The van der Waals surface area contributed by atoms with E-state index >= 15 is 0 Å². The van der Waals surface area contributed by atoms with Gasteiger partial charge in [0.1, 0.15) is 11.4 Å². The topological polar surface area (TPSA) is 61.0 Å². The van der Waals surface area contributed by atoms with Gasteiger partial charge < -0.3 is 19.7 Å². The molecule has 120 valence electrons. The van der Waals surface area contributed by atoms with E-state index in [4.69, 9.17) is 4.42 Å². The lowest BCUT2D eigenvalue weighted by atomic mass is 10.0. The zero-order chi connectivity index (χ0) is 16.0. The van der Waals surface area contributed by atoms with E-state index in [0.717, 1.165) is 19.0 Å². The van der Waals surface area contributed by atoms with Crippen molar-refractivity contribution in [3.63, 3.8) is 0 Å². The van der Waals surface area contributed by atoms with Crippen molar-refractivity contribution in [3.05, 3.63) is 46.5 Å². The Balaban J connectivity index is 2.06. The molecule has 2 aromatic rings. The van der Waals surface area contributed by atoms with E-state index in [-0.39, 0.29) is 6.54 Å². The molecule has 0 fully saturated rings. The molecule has 0 saturated carbocycles. The van der Waals surface area contributed by atoms with E-state index in [2.05, 4.69) is 27.1 Å². The highest BCUT2D eigenvalue weighted by molar-refractivity contribution is 7.07. The number of guanidine groups is 1. The number of rotatable bonds is 6. The first-order chi connectivity index (χ1) is 10.5. The van der Waals surface area contributed by atoms with Crippen LogP contribution in [0.15, 0.2) is 44.6 Å². The van der Waals surface area contributed by atoms with Gasteiger partial charge in [0, 0.05) is 20.1 Å². The van der Waals surface area contributed by atoms with Crippen molar-refractivity contribution in [2.75, 3.05) is 20.1 Å². The van der Waals surface area contributed by atoms with Crippen LogP contribution < -0.4 is 5.32 Å². The van der Waals surface area contributed by atoms with Gasteiger partial charge in [-0.1, -0.05) is 0 Å². The van der Waals surface area contributed by atoms with Crippen LogP contribution in [0, 0.1) is 0 Å². The van der Waals surface area contributed by atoms with Crippen molar-refractivity contribution >= 4 is 17.3 Å². The summed E-state index contributed by atoms with van der Waals surface area (Å²) in [6.45, 7) is 5.52. The van der Waals surface area contributed by atoms with Crippen molar-refractivity contribution in [1.82, 2.24) is 10.2 Å². The Hall–Kier alpha value is -1.79. The van der Waals surface area contributed by atoms with Crippen LogP contribution in [0.1, 0.15) is 25.2 Å². The number of nitrogens with zero attached hydrogens (tertiary/aromatic N) is 2. The van der Waals surface area contributed by atoms with Crippen LogP contribution in [-0.2, 0) is 12.1 Å². The largest absolute Gasteiger partial charge is 0.466 e. The monoisotopic (exact) mass is 321 g/mol. The standard InChI is InChI=1S/C16H23N3O2S/c1-4-17-15(19(3)10-13-7-9-22-11-13)18-12-16(2,20)14-6-5-8-21-14/h5-9,11,20H,4,10,12H2,1-3H3,(H,17,18). The van der Waals surface area contributed by atoms with Crippen LogP contribution >= 0.6 is 11.3 Å². The number of thiophene rings is 1. The molecule has 1 atom stereocenters. The summed E-state index contributed by atoms with van der Waals surface area (Å²) in [6, 6.07) is 5.63. The molecule has 0 aliphatic rings. The maximum Gasteiger partial charge on any atom is 0.194 e. The third-order valence-corrected chi connectivity index (χ3v) is 4.02. The molecule has 2 aromatic heterocycles. The number of aliphatic hydroxyl groups is 1. The molecule has 2 heterocycles. The average Bonchev–Trinajstić information content (AvgIpc) is 3.16. The summed E-state index contributed by atoms with van der Waals surface area (Å²) in [4.78, 5) is 6.59. The Labute approximate surface area is 135 Å². The second-order valence-electron chi connectivity index (χ2n) is 5.41. The van der Waals surface area contributed by atoms with E-state index in [1.54, 1.807) is 36.7 Å². The van der Waals surface area contributed by atoms with E-state index < -0.39 is 5.60 Å². The summed E-state index contributed by atoms with van der Waals surface area (Å²) in [5.41, 5.74) is 0.129. The number of hydrogen-bond acceptors (Lipinski definition) is 4. The summed E-state index contributed by atoms with van der Waals surface area (Å²) in [5.74, 6) is 1.29. The van der Waals surface area contributed by atoms with Crippen molar-refractivity contribution < 1.29 is 9.52 Å². The second-order valence-corrected chi connectivity index (χ2v) is 6.19. The average molecular weight is 321 g/mol. The Morgan fingerprint density at radius 2 is 2.32 bits per heavy atom. The molecular weight excluding hydrogens is 298 g/mol. The van der Waals surface area contributed by atoms with Crippen molar-refractivity contribution in [1.29, 1.82) is 0 Å². The molecule has 1 unspecified atom stereocenters. The van der Waals surface area contributed by atoms with E-state index in [1.807, 2.05) is 18.9 Å². The number of hydrogen-bond donors (Lipinski definition) is 2. The molecule has 0 radical (unpaired) electrons. The first-order valence-electron chi connectivity index (χ1n) is 7.30. The van der Waals surface area contributed by atoms with Gasteiger partial charge in [-0.05, 0) is 48.4 Å². The van der Waals surface area contributed by atoms with Crippen LogP contribution in [0.3, 0.4) is 0 Å². The number of furan rings is 1. The predicted molar refractivity (Wildman–Crippen MR) is 90.0 cm³/mol. The molecule has 0 amide bonds. The minimum absolute atomic E-state index is 0.233. The smallest absolute Gasteiger partial charge is 0.194 e. The predicted octanol–water partition coefficient (Wildman–Crippen LogP) is 2.65. The Morgan fingerprint density at radius 3 is 2.91 bits per heavy atom. The molecule has 6 heteroatoms. The van der Waals surface area contributed by atoms with E-state index in [1.165, 1.54) is 5.56 Å². The van der Waals surface area contributed by atoms with Crippen molar-refractivity contribution in [2.24, 2.45) is 4.99 Å². The minimum Gasteiger partial charge on any atom is -0.466 e. The quantitative estimate of drug-likeness (QED) is 0.634. The summed E-state index contributed by atoms with van der Waals surface area (Å²) in [6.07, 6.45) is 1.56. The zero-order valence-electron chi connectivity index (χ0n) is 13.2. The lowest BCUT2D eigenvalue weighted by Crippen LogP contribution is -2.39. The highest BCUT2D eigenvalue weighted by Crippen LogP contribution is 2.21. The molecule has 22 heavy (non-hydrogen) atoms. The maximum atomic E-state index is 10.5. The molecule has 0 aliphatic carbocycles. The number of nitrogens with one attached hydrogen (secondary N) is 1. The minimum atomic E-state index is -1.12. The molecule has 2 rings (SSSR count). The summed E-state index contributed by atoms with van der Waals surface area (Å²) < 4.78 is 5.28. The van der Waals surface area contributed by atoms with Crippen molar-refractivity contribution in [3.8, 4) is 0 Å². The molecule has 5 nitrogen and oxygen atoms in total. The van der Waals surface area contributed by atoms with E-state index in [0.29, 0.717) is 5.76 Å². The highest BCUT2D eigenvalue weighted by atomic mass is 32.1. The number of aliphatic imine (C=N–C) groups is 1. The van der Waals surface area contributed by atoms with E-state index in [9.17, 15) is 5.11 Å². The zero-order valence-corrected chi connectivity index (χ0v) is 14.1. The Morgan fingerprint density at radius 1 is 1.50 bits per heavy atom. The molecule has 0 saturated heterocycles. The van der Waals surface area contributed by atoms with Gasteiger partial charge in [-0.15, -0.1) is 0 Å². The molecular formula is C16H23N3O2S. The first-order valence-corrected chi connectivity index (χ1v) is 8.24. The van der Waals surface area contributed by atoms with Crippen LogP contribution in [0.4, 0.5) is 0 Å². The third-order valence-electron chi connectivity index (χ3n) is 3.29. The van der Waals surface area contributed by atoms with Gasteiger partial charge in [0.05, 0.1) is 12.8 Å². The summed E-state index contributed by atoms with van der Waals surface area (Å²) in [7, 11) is 1.99. The molecule has 0 aromatic carbocycles. The fourth-order valence-corrected chi connectivity index (χ4v) is 2.75. The van der Waals surface area contributed by atoms with Crippen molar-refractivity contribution in [2.45, 2.75) is 26.0 Å². The molecule has 0 bridgehead atoms. The van der Waals surface area contributed by atoms with Crippen LogP contribution in [-0.4, -0.2) is 36.1 Å². The lowest BCUT2D eigenvalue weighted by Gasteiger charge is -2.24. The molecule has 2 N–H and O–H groups in total.